The summed E-state index contributed by atoms with van der Waals surface area (Å²) in [5.41, 5.74) is 5.34. The van der Waals surface area contributed by atoms with Gasteiger partial charge in [-0.2, -0.15) is 13.2 Å². The second-order valence-electron chi connectivity index (χ2n) is 4.36. The molecule has 0 bridgehead atoms. The minimum Gasteiger partial charge on any atom is -0.480 e. The minimum absolute atomic E-state index is 0.230. The van der Waals surface area contributed by atoms with Crippen LogP contribution in [0.15, 0.2) is 0 Å². The largest absolute Gasteiger partial charge is 0.480 e. The fourth-order valence-corrected chi connectivity index (χ4v) is 2.11. The third kappa shape index (κ3) is 4.79. The molecular weight excluding hydrogens is 251 g/mol. The summed E-state index contributed by atoms with van der Waals surface area (Å²) in [6, 6.07) is -0.692. The van der Waals surface area contributed by atoms with Gasteiger partial charge in [-0.05, 0) is 13.0 Å². The van der Waals surface area contributed by atoms with E-state index in [1.807, 2.05) is 0 Å². The Balaban J connectivity index is 2.44. The van der Waals surface area contributed by atoms with Crippen LogP contribution in [0.4, 0.5) is 13.2 Å². The van der Waals surface area contributed by atoms with Crippen molar-refractivity contribution in [3.63, 3.8) is 0 Å². The van der Waals surface area contributed by atoms with Crippen molar-refractivity contribution in [3.8, 4) is 0 Å². The van der Waals surface area contributed by atoms with E-state index in [9.17, 15) is 18.0 Å². The summed E-state index contributed by atoms with van der Waals surface area (Å²) < 4.78 is 36.5. The van der Waals surface area contributed by atoms with Gasteiger partial charge in [0.15, 0.2) is 0 Å². The highest BCUT2D eigenvalue weighted by molar-refractivity contribution is 5.73. The number of nitrogens with zero attached hydrogens (tertiary/aromatic N) is 2. The van der Waals surface area contributed by atoms with Gasteiger partial charge in [0, 0.05) is 26.2 Å². The SMILES string of the molecule is NCCC(C(=O)O)N1CCN(CC(F)(F)F)CC1. The minimum atomic E-state index is -4.20. The van der Waals surface area contributed by atoms with Crippen LogP contribution in [0.5, 0.6) is 0 Å². The quantitative estimate of drug-likeness (QED) is 0.733. The molecule has 0 spiro atoms. The summed E-state index contributed by atoms with van der Waals surface area (Å²) in [6.45, 7) is 0.428. The molecule has 18 heavy (non-hydrogen) atoms. The third-order valence-electron chi connectivity index (χ3n) is 2.98. The molecule has 1 unspecified atom stereocenters. The van der Waals surface area contributed by atoms with Gasteiger partial charge in [0.25, 0.3) is 0 Å². The second kappa shape index (κ2) is 6.35. The van der Waals surface area contributed by atoms with Gasteiger partial charge < -0.3 is 10.8 Å². The van der Waals surface area contributed by atoms with E-state index in [1.165, 1.54) is 4.90 Å². The Kier molecular flexibility index (Phi) is 5.36. The van der Waals surface area contributed by atoms with Crippen molar-refractivity contribution >= 4 is 5.97 Å². The van der Waals surface area contributed by atoms with Gasteiger partial charge in [-0.25, -0.2) is 0 Å². The summed E-state index contributed by atoms with van der Waals surface area (Å²) in [5.74, 6) is -0.968. The van der Waals surface area contributed by atoms with Crippen molar-refractivity contribution in [1.82, 2.24) is 9.80 Å². The predicted octanol–water partition coefficient (Wildman–Crippen LogP) is -0.0317. The zero-order valence-electron chi connectivity index (χ0n) is 9.99. The van der Waals surface area contributed by atoms with Crippen LogP contribution in [-0.2, 0) is 4.79 Å². The van der Waals surface area contributed by atoms with Crippen LogP contribution in [0.25, 0.3) is 0 Å². The number of alkyl halides is 3. The summed E-state index contributed by atoms with van der Waals surface area (Å²) in [4.78, 5) is 14.0. The molecule has 106 valence electrons. The average Bonchev–Trinajstić information content (AvgIpc) is 2.25. The van der Waals surface area contributed by atoms with E-state index in [0.717, 1.165) is 0 Å². The van der Waals surface area contributed by atoms with Gasteiger partial charge in [0.1, 0.15) is 6.04 Å². The molecule has 1 aliphatic rings. The van der Waals surface area contributed by atoms with Crippen LogP contribution >= 0.6 is 0 Å². The second-order valence-corrected chi connectivity index (χ2v) is 4.36. The van der Waals surface area contributed by atoms with E-state index in [1.54, 1.807) is 4.90 Å². The molecular formula is C10H18F3N3O2. The topological polar surface area (TPSA) is 69.8 Å². The summed E-state index contributed by atoms with van der Waals surface area (Å²) in [5, 5.41) is 9.02. The molecule has 0 aliphatic carbocycles. The normalized spacial score (nSPS) is 20.9. The first-order valence-electron chi connectivity index (χ1n) is 5.79. The first kappa shape index (κ1) is 15.2. The van der Waals surface area contributed by atoms with Crippen LogP contribution in [-0.4, -0.2) is 72.4 Å². The summed E-state index contributed by atoms with van der Waals surface area (Å²) >= 11 is 0. The summed E-state index contributed by atoms with van der Waals surface area (Å²) in [7, 11) is 0. The van der Waals surface area contributed by atoms with Gasteiger partial charge in [-0.3, -0.25) is 14.6 Å². The van der Waals surface area contributed by atoms with Crippen molar-refractivity contribution in [3.05, 3.63) is 0 Å². The highest BCUT2D eigenvalue weighted by Crippen LogP contribution is 2.18. The highest BCUT2D eigenvalue weighted by Gasteiger charge is 2.34. The van der Waals surface area contributed by atoms with Gasteiger partial charge in [-0.1, -0.05) is 0 Å². The van der Waals surface area contributed by atoms with Crippen LogP contribution < -0.4 is 5.73 Å². The average molecular weight is 269 g/mol. The molecule has 8 heteroatoms. The third-order valence-corrected chi connectivity index (χ3v) is 2.98. The van der Waals surface area contributed by atoms with Crippen molar-refractivity contribution < 1.29 is 23.1 Å². The van der Waals surface area contributed by atoms with Gasteiger partial charge >= 0.3 is 12.1 Å². The number of hydrogen-bond acceptors (Lipinski definition) is 4. The molecule has 1 heterocycles. The Labute approximate surface area is 103 Å². The Bertz CT molecular complexity index is 278. The number of rotatable bonds is 5. The lowest BCUT2D eigenvalue weighted by atomic mass is 10.1. The fourth-order valence-electron chi connectivity index (χ4n) is 2.11. The highest BCUT2D eigenvalue weighted by atomic mass is 19.4. The molecule has 0 aromatic rings. The maximum atomic E-state index is 12.2. The molecule has 0 saturated carbocycles. The molecule has 1 fully saturated rings. The molecule has 5 nitrogen and oxygen atoms in total. The molecule has 0 radical (unpaired) electrons. The van der Waals surface area contributed by atoms with E-state index in [0.29, 0.717) is 19.5 Å². The lowest BCUT2D eigenvalue weighted by Crippen LogP contribution is -2.54. The number of carboxylic acid groups (broad SMARTS) is 1. The lowest BCUT2D eigenvalue weighted by Gasteiger charge is -2.37. The molecule has 0 aromatic carbocycles. The van der Waals surface area contributed by atoms with Crippen LogP contribution in [0.3, 0.4) is 0 Å². The maximum Gasteiger partial charge on any atom is 0.401 e. The smallest absolute Gasteiger partial charge is 0.401 e. The standard InChI is InChI=1S/C10H18F3N3O2/c11-10(12,13)7-15-3-5-16(6-4-15)8(1-2-14)9(17)18/h8H,1-7,14H2,(H,17,18). The first-order valence-corrected chi connectivity index (χ1v) is 5.79. The number of carbonyl (C=O) groups is 1. The maximum absolute atomic E-state index is 12.2. The number of halogens is 3. The number of piperazine rings is 1. The molecule has 1 rings (SSSR count). The zero-order valence-corrected chi connectivity index (χ0v) is 9.99. The van der Waals surface area contributed by atoms with Crippen LogP contribution in [0.2, 0.25) is 0 Å². The Hall–Kier alpha value is -0.860. The molecule has 1 atom stereocenters. The monoisotopic (exact) mass is 269 g/mol. The first-order chi connectivity index (χ1) is 8.33. The van der Waals surface area contributed by atoms with Gasteiger partial charge in [-0.15, -0.1) is 0 Å². The Morgan fingerprint density at radius 1 is 1.28 bits per heavy atom. The van der Waals surface area contributed by atoms with Crippen LogP contribution in [0, 0.1) is 0 Å². The fraction of sp³-hybridized carbons (Fsp3) is 0.900. The number of nitrogens with two attached hydrogens (primary N) is 1. The number of carboxylic acids is 1. The van der Waals surface area contributed by atoms with Crippen molar-refractivity contribution in [2.75, 3.05) is 39.3 Å². The van der Waals surface area contributed by atoms with E-state index >= 15 is 0 Å². The summed E-state index contributed by atoms with van der Waals surface area (Å²) in [6.07, 6.45) is -3.89. The van der Waals surface area contributed by atoms with Crippen molar-refractivity contribution in [1.29, 1.82) is 0 Å². The number of aliphatic carboxylic acids is 1. The predicted molar refractivity (Wildman–Crippen MR) is 59.2 cm³/mol. The molecule has 3 N–H and O–H groups in total. The molecule has 0 aromatic heterocycles. The van der Waals surface area contributed by atoms with E-state index in [4.69, 9.17) is 10.8 Å². The van der Waals surface area contributed by atoms with Crippen molar-refractivity contribution in [2.45, 2.75) is 18.6 Å². The number of hydrogen-bond donors (Lipinski definition) is 2. The molecule has 0 amide bonds. The van der Waals surface area contributed by atoms with E-state index in [2.05, 4.69) is 0 Å². The van der Waals surface area contributed by atoms with Crippen LogP contribution in [0.1, 0.15) is 6.42 Å². The zero-order chi connectivity index (χ0) is 13.8. The Morgan fingerprint density at radius 3 is 2.22 bits per heavy atom. The molecule has 1 saturated heterocycles. The van der Waals surface area contributed by atoms with Gasteiger partial charge in [0.05, 0.1) is 6.54 Å². The Morgan fingerprint density at radius 2 is 1.83 bits per heavy atom. The van der Waals surface area contributed by atoms with E-state index in [-0.39, 0.29) is 19.6 Å². The van der Waals surface area contributed by atoms with E-state index < -0.39 is 24.7 Å². The lowest BCUT2D eigenvalue weighted by molar-refractivity contribution is -0.154. The molecule has 1 aliphatic heterocycles. The van der Waals surface area contributed by atoms with Gasteiger partial charge in [0.2, 0.25) is 0 Å². The van der Waals surface area contributed by atoms with Crippen molar-refractivity contribution in [2.24, 2.45) is 5.73 Å².